The second-order valence-corrected chi connectivity index (χ2v) is 5.51. The van der Waals surface area contributed by atoms with E-state index in [0.29, 0.717) is 19.0 Å². The number of methoxy groups -OCH3 is 1. The van der Waals surface area contributed by atoms with E-state index in [2.05, 4.69) is 10.9 Å². The van der Waals surface area contributed by atoms with Crippen LogP contribution in [0, 0.1) is 19.3 Å². The number of ether oxygens (including phenoxy) is 3. The molecule has 0 fully saturated rings. The molecule has 0 radical (unpaired) electrons. The molecule has 3 rings (SSSR count). The van der Waals surface area contributed by atoms with Gasteiger partial charge in [-0.1, -0.05) is 24.1 Å². The Kier molecular flexibility index (Phi) is 5.22. The third-order valence-electron chi connectivity index (χ3n) is 3.91. The molecule has 0 aliphatic heterocycles. The Morgan fingerprint density at radius 1 is 1.12 bits per heavy atom. The number of para-hydroxylation sites is 1. The number of terminal acetylenes is 1. The first kappa shape index (κ1) is 16.9. The van der Waals surface area contributed by atoms with Crippen LogP contribution in [0.2, 0.25) is 0 Å². The molecule has 0 N–H and O–H groups in total. The van der Waals surface area contributed by atoms with Crippen molar-refractivity contribution in [3.8, 4) is 23.8 Å². The van der Waals surface area contributed by atoms with Gasteiger partial charge in [0.25, 0.3) is 0 Å². The Morgan fingerprint density at radius 3 is 2.72 bits per heavy atom. The molecule has 1 aromatic carbocycles. The zero-order valence-corrected chi connectivity index (χ0v) is 14.4. The van der Waals surface area contributed by atoms with Crippen molar-refractivity contribution in [2.24, 2.45) is 0 Å². The lowest BCUT2D eigenvalue weighted by Crippen LogP contribution is -2.02. The average Bonchev–Trinajstić information content (AvgIpc) is 2.96. The van der Waals surface area contributed by atoms with Crippen LogP contribution in [0.1, 0.15) is 17.0 Å². The molecule has 0 saturated heterocycles. The van der Waals surface area contributed by atoms with Crippen LogP contribution in [0.5, 0.6) is 11.5 Å². The van der Waals surface area contributed by atoms with E-state index in [-0.39, 0.29) is 6.61 Å². The minimum absolute atomic E-state index is 0.274. The molecule has 0 amide bonds. The average molecular weight is 336 g/mol. The van der Waals surface area contributed by atoms with Crippen LogP contribution in [-0.4, -0.2) is 23.1 Å². The summed E-state index contributed by atoms with van der Waals surface area (Å²) in [4.78, 5) is 4.62. The number of aromatic nitrogens is 2. The van der Waals surface area contributed by atoms with Crippen LogP contribution < -0.4 is 9.47 Å². The number of imidazole rings is 1. The second-order valence-electron chi connectivity index (χ2n) is 5.51. The van der Waals surface area contributed by atoms with Crippen LogP contribution in [-0.2, 0) is 18.0 Å². The molecule has 2 aromatic heterocycles. The largest absolute Gasteiger partial charge is 0.496 e. The molecule has 0 aliphatic carbocycles. The minimum Gasteiger partial charge on any atom is -0.496 e. The van der Waals surface area contributed by atoms with E-state index in [1.807, 2.05) is 53.9 Å². The predicted molar refractivity (Wildman–Crippen MR) is 95.7 cm³/mol. The van der Waals surface area contributed by atoms with Crippen molar-refractivity contribution in [1.29, 1.82) is 0 Å². The van der Waals surface area contributed by atoms with Gasteiger partial charge < -0.3 is 14.2 Å². The van der Waals surface area contributed by atoms with E-state index in [4.69, 9.17) is 20.6 Å². The summed E-state index contributed by atoms with van der Waals surface area (Å²) >= 11 is 0. The molecule has 0 aliphatic rings. The third kappa shape index (κ3) is 3.59. The highest BCUT2D eigenvalue weighted by Crippen LogP contribution is 2.25. The number of rotatable bonds is 7. The predicted octanol–water partition coefficient (Wildman–Crippen LogP) is 3.38. The molecule has 0 saturated carbocycles. The highest BCUT2D eigenvalue weighted by molar-refractivity contribution is 5.56. The van der Waals surface area contributed by atoms with Gasteiger partial charge in [0, 0.05) is 11.8 Å². The molecule has 128 valence electrons. The van der Waals surface area contributed by atoms with Crippen molar-refractivity contribution in [1.82, 2.24) is 9.38 Å². The van der Waals surface area contributed by atoms with Crippen molar-refractivity contribution >= 4 is 5.65 Å². The van der Waals surface area contributed by atoms with Crippen LogP contribution in [0.3, 0.4) is 0 Å². The normalized spacial score (nSPS) is 10.6. The molecule has 25 heavy (non-hydrogen) atoms. The summed E-state index contributed by atoms with van der Waals surface area (Å²) in [6, 6.07) is 11.6. The van der Waals surface area contributed by atoms with Crippen molar-refractivity contribution < 1.29 is 14.2 Å². The van der Waals surface area contributed by atoms with Crippen LogP contribution in [0.25, 0.3) is 5.65 Å². The maximum atomic E-state index is 6.01. The van der Waals surface area contributed by atoms with Gasteiger partial charge in [-0.25, -0.2) is 4.98 Å². The van der Waals surface area contributed by atoms with Crippen LogP contribution in [0.15, 0.2) is 42.6 Å². The summed E-state index contributed by atoms with van der Waals surface area (Å²) in [5.41, 5.74) is 3.60. The van der Waals surface area contributed by atoms with E-state index in [9.17, 15) is 0 Å². The summed E-state index contributed by atoms with van der Waals surface area (Å²) < 4.78 is 18.8. The molecule has 0 unspecified atom stereocenters. The van der Waals surface area contributed by atoms with E-state index < -0.39 is 0 Å². The minimum atomic E-state index is 0.274. The summed E-state index contributed by atoms with van der Waals surface area (Å²) in [6.45, 7) is 3.04. The van der Waals surface area contributed by atoms with Gasteiger partial charge in [-0.3, -0.25) is 4.40 Å². The van der Waals surface area contributed by atoms with Crippen LogP contribution >= 0.6 is 0 Å². The monoisotopic (exact) mass is 336 g/mol. The maximum absolute atomic E-state index is 6.01. The fourth-order valence-corrected chi connectivity index (χ4v) is 2.68. The number of aryl methyl sites for hydroxylation is 1. The summed E-state index contributed by atoms with van der Waals surface area (Å²) in [5.74, 6) is 3.98. The lowest BCUT2D eigenvalue weighted by molar-refractivity contribution is 0.149. The fourth-order valence-electron chi connectivity index (χ4n) is 2.68. The lowest BCUT2D eigenvalue weighted by atomic mass is 10.2. The summed E-state index contributed by atoms with van der Waals surface area (Å²) in [7, 11) is 1.65. The van der Waals surface area contributed by atoms with Gasteiger partial charge in [-0.05, 0) is 25.1 Å². The Hall–Kier alpha value is -2.97. The zero-order chi connectivity index (χ0) is 17.6. The van der Waals surface area contributed by atoms with E-state index >= 15 is 0 Å². The molecule has 0 bridgehead atoms. The molecule has 3 aromatic rings. The zero-order valence-electron chi connectivity index (χ0n) is 14.4. The van der Waals surface area contributed by atoms with Gasteiger partial charge in [-0.15, -0.1) is 6.42 Å². The first-order valence-electron chi connectivity index (χ1n) is 7.97. The third-order valence-corrected chi connectivity index (χ3v) is 3.91. The Bertz CT molecular complexity index is 909. The molecule has 5 heteroatoms. The number of benzene rings is 1. The molecule has 0 atom stereocenters. The first-order chi connectivity index (χ1) is 12.2. The summed E-state index contributed by atoms with van der Waals surface area (Å²) in [6.07, 6.45) is 7.18. The van der Waals surface area contributed by atoms with Gasteiger partial charge in [0.2, 0.25) is 0 Å². The Labute approximate surface area is 147 Å². The number of nitrogens with zero attached hydrogens (tertiary/aromatic N) is 2. The number of pyridine rings is 1. The lowest BCUT2D eigenvalue weighted by Gasteiger charge is -2.11. The molecular formula is C20H20N2O3. The van der Waals surface area contributed by atoms with Gasteiger partial charge in [0.1, 0.15) is 19.0 Å². The first-order valence-corrected chi connectivity index (χ1v) is 7.97. The van der Waals surface area contributed by atoms with E-state index in [1.54, 1.807) is 7.11 Å². The smallest absolute Gasteiger partial charge is 0.180 e. The molecule has 0 spiro atoms. The topological polar surface area (TPSA) is 45.0 Å². The van der Waals surface area contributed by atoms with Crippen molar-refractivity contribution in [2.75, 3.05) is 13.7 Å². The van der Waals surface area contributed by atoms with E-state index in [1.165, 1.54) is 0 Å². The van der Waals surface area contributed by atoms with Gasteiger partial charge in [0.05, 0.1) is 25.1 Å². The highest BCUT2D eigenvalue weighted by Gasteiger charge is 2.13. The number of fused-ring (bicyclic) bond motifs is 1. The standard InChI is InChI=1S/C20H20N2O3/c1-4-12-24-14-17-15(2)21-20-19(10-7-11-22(17)20)25-13-16-8-5-6-9-18(16)23-3/h1,5-11H,12-14H2,2-3H3. The van der Waals surface area contributed by atoms with Crippen molar-refractivity contribution in [3.05, 3.63) is 59.5 Å². The quantitative estimate of drug-likeness (QED) is 0.490. The summed E-state index contributed by atoms with van der Waals surface area (Å²) in [5, 5.41) is 0. The Balaban J connectivity index is 1.85. The number of hydrogen-bond donors (Lipinski definition) is 0. The SMILES string of the molecule is C#CCOCc1c(C)nc2c(OCc3ccccc3OC)cccn12. The second kappa shape index (κ2) is 7.73. The van der Waals surface area contributed by atoms with Crippen molar-refractivity contribution in [3.63, 3.8) is 0 Å². The fraction of sp³-hybridized carbons (Fsp3) is 0.250. The van der Waals surface area contributed by atoms with Gasteiger partial charge in [-0.2, -0.15) is 0 Å². The van der Waals surface area contributed by atoms with Crippen molar-refractivity contribution in [2.45, 2.75) is 20.1 Å². The van der Waals surface area contributed by atoms with E-state index in [0.717, 1.165) is 28.3 Å². The van der Waals surface area contributed by atoms with Gasteiger partial charge >= 0.3 is 0 Å². The number of hydrogen-bond acceptors (Lipinski definition) is 4. The maximum Gasteiger partial charge on any atom is 0.180 e. The Morgan fingerprint density at radius 2 is 1.92 bits per heavy atom. The van der Waals surface area contributed by atoms with Gasteiger partial charge in [0.15, 0.2) is 11.4 Å². The molecule has 5 nitrogen and oxygen atoms in total. The molecular weight excluding hydrogens is 316 g/mol. The highest BCUT2D eigenvalue weighted by atomic mass is 16.5. The van der Waals surface area contributed by atoms with Crippen LogP contribution in [0.4, 0.5) is 0 Å². The molecule has 2 heterocycles.